The molecule has 2 fully saturated rings. The van der Waals surface area contributed by atoms with E-state index in [9.17, 15) is 4.79 Å². The Morgan fingerprint density at radius 3 is 2.47 bits per heavy atom. The van der Waals surface area contributed by atoms with Crippen molar-refractivity contribution in [3.63, 3.8) is 0 Å². The van der Waals surface area contributed by atoms with Crippen molar-refractivity contribution in [2.24, 2.45) is 0 Å². The van der Waals surface area contributed by atoms with Crippen LogP contribution in [0.15, 0.2) is 0 Å². The second-order valence-corrected chi connectivity index (χ2v) is 5.33. The Morgan fingerprint density at radius 1 is 1.12 bits per heavy atom. The van der Waals surface area contributed by atoms with Gasteiger partial charge in [-0.15, -0.1) is 0 Å². The molecule has 0 bridgehead atoms. The van der Waals surface area contributed by atoms with Gasteiger partial charge in [-0.1, -0.05) is 19.8 Å². The summed E-state index contributed by atoms with van der Waals surface area (Å²) in [6.07, 6.45) is 7.14. The lowest BCUT2D eigenvalue weighted by atomic mass is 10.1. The molecule has 2 N–H and O–H groups in total. The zero-order valence-electron chi connectivity index (χ0n) is 10.9. The van der Waals surface area contributed by atoms with E-state index < -0.39 is 0 Å². The van der Waals surface area contributed by atoms with Crippen LogP contribution in [0.3, 0.4) is 0 Å². The monoisotopic (exact) mass is 239 g/mol. The van der Waals surface area contributed by atoms with Crippen LogP contribution in [0, 0.1) is 0 Å². The molecule has 2 amide bonds. The van der Waals surface area contributed by atoms with E-state index >= 15 is 0 Å². The first-order valence-electron chi connectivity index (χ1n) is 7.07. The number of amides is 2. The molecule has 1 saturated heterocycles. The number of nitrogens with zero attached hydrogens (tertiary/aromatic N) is 1. The SMILES string of the molecule is CCN1CCCC(NC(=O)NC2CCCC2)C1. The van der Waals surface area contributed by atoms with Crippen LogP contribution in [0.1, 0.15) is 45.4 Å². The maximum absolute atomic E-state index is 11.8. The molecule has 0 aromatic carbocycles. The van der Waals surface area contributed by atoms with Gasteiger partial charge >= 0.3 is 6.03 Å². The van der Waals surface area contributed by atoms with Gasteiger partial charge in [-0.05, 0) is 38.8 Å². The Bertz CT molecular complexity index is 251. The van der Waals surface area contributed by atoms with Gasteiger partial charge in [0.05, 0.1) is 0 Å². The summed E-state index contributed by atoms with van der Waals surface area (Å²) in [5.41, 5.74) is 0. The van der Waals surface area contributed by atoms with Crippen molar-refractivity contribution < 1.29 is 4.79 Å². The van der Waals surface area contributed by atoms with Crippen LogP contribution in [-0.4, -0.2) is 42.6 Å². The van der Waals surface area contributed by atoms with Gasteiger partial charge in [0.1, 0.15) is 0 Å². The second kappa shape index (κ2) is 6.24. The van der Waals surface area contributed by atoms with Crippen LogP contribution in [0.5, 0.6) is 0 Å². The molecule has 1 unspecified atom stereocenters. The summed E-state index contributed by atoms with van der Waals surface area (Å²) in [4.78, 5) is 14.2. The fourth-order valence-corrected chi connectivity index (χ4v) is 2.94. The number of likely N-dealkylation sites (tertiary alicyclic amines) is 1. The number of urea groups is 1. The average molecular weight is 239 g/mol. The zero-order valence-corrected chi connectivity index (χ0v) is 10.9. The molecule has 1 heterocycles. The molecule has 4 heteroatoms. The van der Waals surface area contributed by atoms with E-state index in [1.54, 1.807) is 0 Å². The second-order valence-electron chi connectivity index (χ2n) is 5.33. The van der Waals surface area contributed by atoms with Crippen molar-refractivity contribution in [1.82, 2.24) is 15.5 Å². The van der Waals surface area contributed by atoms with Gasteiger partial charge in [-0.3, -0.25) is 0 Å². The highest BCUT2D eigenvalue weighted by Gasteiger charge is 2.22. The van der Waals surface area contributed by atoms with Crippen molar-refractivity contribution in [1.29, 1.82) is 0 Å². The normalized spacial score (nSPS) is 27.0. The molecule has 1 aliphatic carbocycles. The molecule has 1 atom stereocenters. The molecule has 0 spiro atoms. The Kier molecular flexibility index (Phi) is 4.66. The van der Waals surface area contributed by atoms with Crippen LogP contribution >= 0.6 is 0 Å². The predicted molar refractivity (Wildman–Crippen MR) is 69.1 cm³/mol. The average Bonchev–Trinajstić information content (AvgIpc) is 2.82. The molecule has 1 saturated carbocycles. The molecule has 0 aromatic rings. The minimum atomic E-state index is 0.0415. The van der Waals surface area contributed by atoms with E-state index in [0.29, 0.717) is 12.1 Å². The van der Waals surface area contributed by atoms with Crippen molar-refractivity contribution in [3.8, 4) is 0 Å². The minimum absolute atomic E-state index is 0.0415. The zero-order chi connectivity index (χ0) is 12.1. The third-order valence-electron chi connectivity index (χ3n) is 3.98. The molecule has 17 heavy (non-hydrogen) atoms. The molecule has 0 radical (unpaired) electrons. The van der Waals surface area contributed by atoms with Crippen LogP contribution in [0.4, 0.5) is 4.79 Å². The lowest BCUT2D eigenvalue weighted by Crippen LogP contribution is -2.51. The lowest BCUT2D eigenvalue weighted by Gasteiger charge is -2.32. The molecule has 98 valence electrons. The Labute approximate surface area is 104 Å². The fourth-order valence-electron chi connectivity index (χ4n) is 2.94. The summed E-state index contributed by atoms with van der Waals surface area (Å²) in [6, 6.07) is 0.797. The standard InChI is InChI=1S/C13H25N3O/c1-2-16-9-5-8-12(10-16)15-13(17)14-11-6-3-4-7-11/h11-12H,2-10H2,1H3,(H2,14,15,17). The maximum Gasteiger partial charge on any atom is 0.315 e. The minimum Gasteiger partial charge on any atom is -0.335 e. The summed E-state index contributed by atoms with van der Waals surface area (Å²) >= 11 is 0. The lowest BCUT2D eigenvalue weighted by molar-refractivity contribution is 0.191. The van der Waals surface area contributed by atoms with E-state index in [0.717, 1.165) is 32.4 Å². The highest BCUT2D eigenvalue weighted by Crippen LogP contribution is 2.17. The number of rotatable bonds is 3. The molecule has 2 rings (SSSR count). The summed E-state index contributed by atoms with van der Waals surface area (Å²) in [6.45, 7) is 5.46. The highest BCUT2D eigenvalue weighted by atomic mass is 16.2. The largest absolute Gasteiger partial charge is 0.335 e. The first-order chi connectivity index (χ1) is 8.28. The van der Waals surface area contributed by atoms with E-state index in [4.69, 9.17) is 0 Å². The Balaban J connectivity index is 1.70. The summed E-state index contributed by atoms with van der Waals surface area (Å²) < 4.78 is 0. The molecule has 1 aliphatic heterocycles. The van der Waals surface area contributed by atoms with Gasteiger partial charge in [-0.2, -0.15) is 0 Å². The van der Waals surface area contributed by atoms with E-state index in [-0.39, 0.29) is 6.03 Å². The third-order valence-corrected chi connectivity index (χ3v) is 3.98. The van der Waals surface area contributed by atoms with Crippen molar-refractivity contribution in [3.05, 3.63) is 0 Å². The topological polar surface area (TPSA) is 44.4 Å². The van der Waals surface area contributed by atoms with E-state index in [1.807, 2.05) is 0 Å². The van der Waals surface area contributed by atoms with E-state index in [2.05, 4.69) is 22.5 Å². The smallest absolute Gasteiger partial charge is 0.315 e. The fraction of sp³-hybridized carbons (Fsp3) is 0.923. The number of nitrogens with one attached hydrogen (secondary N) is 2. The number of hydrogen-bond acceptors (Lipinski definition) is 2. The van der Waals surface area contributed by atoms with Crippen LogP contribution < -0.4 is 10.6 Å². The van der Waals surface area contributed by atoms with Crippen LogP contribution in [0.2, 0.25) is 0 Å². The third kappa shape index (κ3) is 3.87. The number of carbonyl (C=O) groups excluding carboxylic acids is 1. The van der Waals surface area contributed by atoms with Crippen molar-refractivity contribution in [2.75, 3.05) is 19.6 Å². The molecule has 2 aliphatic rings. The number of carbonyl (C=O) groups is 1. The van der Waals surface area contributed by atoms with Crippen molar-refractivity contribution in [2.45, 2.75) is 57.5 Å². The summed E-state index contributed by atoms with van der Waals surface area (Å²) in [5, 5.41) is 6.21. The summed E-state index contributed by atoms with van der Waals surface area (Å²) in [7, 11) is 0. The van der Waals surface area contributed by atoms with Crippen LogP contribution in [-0.2, 0) is 0 Å². The van der Waals surface area contributed by atoms with Crippen molar-refractivity contribution >= 4 is 6.03 Å². The quantitative estimate of drug-likeness (QED) is 0.787. The number of likely N-dealkylation sites (N-methyl/N-ethyl adjacent to an activating group) is 1. The molecule has 4 nitrogen and oxygen atoms in total. The van der Waals surface area contributed by atoms with E-state index in [1.165, 1.54) is 25.8 Å². The number of piperidine rings is 1. The predicted octanol–water partition coefficient (Wildman–Crippen LogP) is 1.71. The summed E-state index contributed by atoms with van der Waals surface area (Å²) in [5.74, 6) is 0. The Hall–Kier alpha value is -0.770. The Morgan fingerprint density at radius 2 is 1.76 bits per heavy atom. The van der Waals surface area contributed by atoms with Gasteiger partial charge in [0.25, 0.3) is 0 Å². The first kappa shape index (κ1) is 12.7. The maximum atomic E-state index is 11.8. The van der Waals surface area contributed by atoms with Gasteiger partial charge < -0.3 is 15.5 Å². The van der Waals surface area contributed by atoms with Gasteiger partial charge in [0, 0.05) is 18.6 Å². The van der Waals surface area contributed by atoms with Gasteiger partial charge in [0.2, 0.25) is 0 Å². The first-order valence-corrected chi connectivity index (χ1v) is 7.07. The number of hydrogen-bond donors (Lipinski definition) is 2. The van der Waals surface area contributed by atoms with Gasteiger partial charge in [-0.25, -0.2) is 4.79 Å². The molecular formula is C13H25N3O. The molecular weight excluding hydrogens is 214 g/mol. The van der Waals surface area contributed by atoms with Gasteiger partial charge in [0.15, 0.2) is 0 Å². The molecule has 0 aromatic heterocycles. The highest BCUT2D eigenvalue weighted by molar-refractivity contribution is 5.74. The van der Waals surface area contributed by atoms with Crippen LogP contribution in [0.25, 0.3) is 0 Å².